The molecule has 2 saturated carbocycles. The standard InChI is InChI=1S/C46H69NSi/c1-11-13-28-46(29-14-12-2)41-31-34(33-20-24-36(25-21-33)44(3,4)5)22-26-38(41)40-30-35-23-27-43(39(35)32-42(40)46)48(9,10)47(45(6,7)8)37-18-16-15-17-19-37/h20-22,24-26,30-32,35,37,39,43H,11-19,23,27-29H2,1-10H3. The van der Waals surface area contributed by atoms with Gasteiger partial charge in [0.2, 0.25) is 0 Å². The van der Waals surface area contributed by atoms with E-state index >= 15 is 0 Å². The Hall–Kier alpha value is -1.90. The minimum atomic E-state index is -1.76. The number of nitrogens with zero attached hydrogens (tertiary/aromatic N) is 1. The molecule has 0 spiro atoms. The molecule has 4 aliphatic carbocycles. The molecule has 6 rings (SSSR count). The van der Waals surface area contributed by atoms with Crippen molar-refractivity contribution in [3.8, 4) is 11.1 Å². The summed E-state index contributed by atoms with van der Waals surface area (Å²) in [7, 11) is -1.76. The van der Waals surface area contributed by atoms with E-state index in [1.165, 1.54) is 100 Å². The van der Waals surface area contributed by atoms with E-state index in [2.05, 4.69) is 128 Å². The van der Waals surface area contributed by atoms with Gasteiger partial charge in [0.15, 0.2) is 0 Å². The van der Waals surface area contributed by atoms with Crippen molar-refractivity contribution in [2.45, 2.75) is 180 Å². The van der Waals surface area contributed by atoms with Crippen LogP contribution in [0.15, 0.2) is 60.2 Å². The van der Waals surface area contributed by atoms with E-state index in [4.69, 9.17) is 0 Å². The molecule has 3 atom stereocenters. The topological polar surface area (TPSA) is 3.24 Å². The van der Waals surface area contributed by atoms with Crippen LogP contribution in [0.2, 0.25) is 18.6 Å². The number of rotatable bonds is 10. The molecule has 4 aliphatic rings. The zero-order chi connectivity index (χ0) is 34.5. The van der Waals surface area contributed by atoms with Crippen LogP contribution in [0.4, 0.5) is 0 Å². The van der Waals surface area contributed by atoms with Crippen LogP contribution in [0, 0.1) is 11.8 Å². The van der Waals surface area contributed by atoms with Crippen LogP contribution in [0.25, 0.3) is 16.7 Å². The predicted octanol–water partition coefficient (Wildman–Crippen LogP) is 13.6. The highest BCUT2D eigenvalue weighted by Gasteiger charge is 2.54. The third-order valence-electron chi connectivity index (χ3n) is 13.3. The maximum atomic E-state index is 3.16. The van der Waals surface area contributed by atoms with Crippen LogP contribution in [0.3, 0.4) is 0 Å². The van der Waals surface area contributed by atoms with Gasteiger partial charge in [-0.05, 0) is 121 Å². The number of hydrogen-bond acceptors (Lipinski definition) is 1. The van der Waals surface area contributed by atoms with E-state index in [0.717, 1.165) is 11.6 Å². The maximum absolute atomic E-state index is 3.16. The van der Waals surface area contributed by atoms with Gasteiger partial charge in [-0.3, -0.25) is 0 Å². The molecule has 0 aromatic heterocycles. The Balaban J connectivity index is 1.43. The second kappa shape index (κ2) is 13.7. The van der Waals surface area contributed by atoms with Crippen LogP contribution in [-0.2, 0) is 10.8 Å². The van der Waals surface area contributed by atoms with Gasteiger partial charge < -0.3 is 4.57 Å². The average molecular weight is 664 g/mol. The summed E-state index contributed by atoms with van der Waals surface area (Å²) in [5, 5.41) is 0. The fraction of sp³-hybridized carbons (Fsp3) is 0.652. The summed E-state index contributed by atoms with van der Waals surface area (Å²) in [5.41, 5.74) is 12.1. The van der Waals surface area contributed by atoms with Crippen molar-refractivity contribution in [3.63, 3.8) is 0 Å². The van der Waals surface area contributed by atoms with Gasteiger partial charge in [-0.15, -0.1) is 0 Å². The highest BCUT2D eigenvalue weighted by molar-refractivity contribution is 6.76. The molecule has 0 aliphatic heterocycles. The SMILES string of the molecule is CCCCC1(CCCC)C2=CC3C(C=C2c2ccc(-c4ccc(C(C)(C)C)cc4)cc21)CCC3[Si](C)(C)N(C1CCCCC1)C(C)(C)C. The summed E-state index contributed by atoms with van der Waals surface area (Å²) in [5.74, 6) is 1.39. The summed E-state index contributed by atoms with van der Waals surface area (Å²) in [6.45, 7) is 24.9. The first-order chi connectivity index (χ1) is 22.7. The summed E-state index contributed by atoms with van der Waals surface area (Å²) in [6.07, 6.45) is 23.3. The molecule has 0 saturated heterocycles. The lowest BCUT2D eigenvalue weighted by Crippen LogP contribution is -2.64. The number of hydrogen-bond donors (Lipinski definition) is 0. The van der Waals surface area contributed by atoms with Crippen molar-refractivity contribution >= 4 is 13.8 Å². The molecule has 2 aromatic carbocycles. The molecule has 1 nitrogen and oxygen atoms in total. The first-order valence-electron chi connectivity index (χ1n) is 20.2. The average Bonchev–Trinajstić information content (AvgIpc) is 3.58. The summed E-state index contributed by atoms with van der Waals surface area (Å²) < 4.78 is 3.16. The van der Waals surface area contributed by atoms with Gasteiger partial charge in [0.25, 0.3) is 0 Å². The number of allylic oxidation sites excluding steroid dienone is 4. The second-order valence-electron chi connectivity index (χ2n) is 18.9. The van der Waals surface area contributed by atoms with Crippen LogP contribution in [-0.4, -0.2) is 24.4 Å². The maximum Gasteiger partial charge on any atom is 0.126 e. The van der Waals surface area contributed by atoms with Gasteiger partial charge in [-0.1, -0.05) is 148 Å². The second-order valence-corrected chi connectivity index (χ2v) is 23.5. The van der Waals surface area contributed by atoms with E-state index in [9.17, 15) is 0 Å². The number of benzene rings is 2. The molecule has 2 fully saturated rings. The lowest BCUT2D eigenvalue weighted by molar-refractivity contribution is 0.140. The van der Waals surface area contributed by atoms with Gasteiger partial charge in [-0.25, -0.2) is 0 Å². The van der Waals surface area contributed by atoms with Crippen LogP contribution < -0.4 is 0 Å². The Morgan fingerprint density at radius 1 is 0.750 bits per heavy atom. The fourth-order valence-electron chi connectivity index (χ4n) is 11.2. The number of unbranched alkanes of at least 4 members (excludes halogenated alkanes) is 2. The number of fused-ring (bicyclic) bond motifs is 4. The molecule has 0 heterocycles. The van der Waals surface area contributed by atoms with E-state index in [0.29, 0.717) is 11.8 Å². The van der Waals surface area contributed by atoms with E-state index in [1.54, 1.807) is 22.3 Å². The Labute approximate surface area is 297 Å². The van der Waals surface area contributed by atoms with Crippen LogP contribution in [0.1, 0.15) is 156 Å². The van der Waals surface area contributed by atoms with Gasteiger partial charge in [-0.2, -0.15) is 0 Å². The lowest BCUT2D eigenvalue weighted by atomic mass is 9.68. The fourth-order valence-corrected chi connectivity index (χ4v) is 16.7. The molecule has 2 aromatic rings. The van der Waals surface area contributed by atoms with Crippen molar-refractivity contribution < 1.29 is 0 Å². The van der Waals surface area contributed by atoms with Crippen molar-refractivity contribution in [2.75, 3.05) is 0 Å². The highest BCUT2D eigenvalue weighted by atomic mass is 28.3. The van der Waals surface area contributed by atoms with E-state index in [1.807, 2.05) is 0 Å². The quantitative estimate of drug-likeness (QED) is 0.229. The lowest BCUT2D eigenvalue weighted by Gasteiger charge is -2.55. The monoisotopic (exact) mass is 664 g/mol. The molecule has 0 amide bonds. The Bertz CT molecular complexity index is 1480. The molecule has 0 radical (unpaired) electrons. The molecule has 3 unspecified atom stereocenters. The zero-order valence-corrected chi connectivity index (χ0v) is 33.6. The first-order valence-corrected chi connectivity index (χ1v) is 23.2. The van der Waals surface area contributed by atoms with Crippen LogP contribution >= 0.6 is 0 Å². The first kappa shape index (κ1) is 35.9. The van der Waals surface area contributed by atoms with Crippen molar-refractivity contribution in [1.29, 1.82) is 0 Å². The summed E-state index contributed by atoms with van der Waals surface area (Å²) in [4.78, 5) is 0. The van der Waals surface area contributed by atoms with Gasteiger partial charge in [0, 0.05) is 17.0 Å². The molecule has 48 heavy (non-hydrogen) atoms. The van der Waals surface area contributed by atoms with Gasteiger partial charge in [0.05, 0.1) is 0 Å². The largest absolute Gasteiger partial charge is 0.316 e. The minimum absolute atomic E-state index is 0.144. The third kappa shape index (κ3) is 6.52. The summed E-state index contributed by atoms with van der Waals surface area (Å²) >= 11 is 0. The predicted molar refractivity (Wildman–Crippen MR) is 213 cm³/mol. The van der Waals surface area contributed by atoms with Crippen molar-refractivity contribution in [3.05, 3.63) is 76.9 Å². The van der Waals surface area contributed by atoms with E-state index < -0.39 is 8.24 Å². The Morgan fingerprint density at radius 3 is 1.96 bits per heavy atom. The normalized spacial score (nSPS) is 24.3. The van der Waals surface area contributed by atoms with Gasteiger partial charge in [0.1, 0.15) is 8.24 Å². The molecular formula is C46H69NSi. The molecule has 2 heteroatoms. The molecule has 0 bridgehead atoms. The molecule has 0 N–H and O–H groups in total. The van der Waals surface area contributed by atoms with Crippen molar-refractivity contribution in [2.24, 2.45) is 11.8 Å². The van der Waals surface area contributed by atoms with Crippen molar-refractivity contribution in [1.82, 2.24) is 4.57 Å². The Morgan fingerprint density at radius 2 is 1.38 bits per heavy atom. The minimum Gasteiger partial charge on any atom is -0.316 e. The molecular weight excluding hydrogens is 595 g/mol. The highest BCUT2D eigenvalue weighted by Crippen LogP contribution is 2.62. The summed E-state index contributed by atoms with van der Waals surface area (Å²) in [6, 6.07) is 17.8. The smallest absolute Gasteiger partial charge is 0.126 e. The van der Waals surface area contributed by atoms with E-state index in [-0.39, 0.29) is 16.4 Å². The zero-order valence-electron chi connectivity index (χ0n) is 32.6. The Kier molecular flexibility index (Phi) is 10.2. The molecule has 262 valence electrons. The third-order valence-corrected chi connectivity index (χ3v) is 18.1. The van der Waals surface area contributed by atoms with Crippen LogP contribution in [0.5, 0.6) is 0 Å². The van der Waals surface area contributed by atoms with Gasteiger partial charge >= 0.3 is 0 Å².